The Bertz CT molecular complexity index is 1720. The Morgan fingerprint density at radius 2 is 1.62 bits per heavy atom. The van der Waals surface area contributed by atoms with Gasteiger partial charge < -0.3 is 20.7 Å². The van der Waals surface area contributed by atoms with Crippen LogP contribution in [0, 0.1) is 11.3 Å². The van der Waals surface area contributed by atoms with Crippen LogP contribution in [-0.4, -0.2) is 24.2 Å². The topological polar surface area (TPSA) is 103 Å². The molecule has 5 rings (SSSR count). The number of dihydropyridines is 1. The Morgan fingerprint density at radius 1 is 0.905 bits per heavy atom. The summed E-state index contributed by atoms with van der Waals surface area (Å²) >= 11 is 1.24. The van der Waals surface area contributed by atoms with Crippen molar-refractivity contribution in [3.63, 3.8) is 0 Å². The Hall–Kier alpha value is -5.00. The van der Waals surface area contributed by atoms with Crippen molar-refractivity contribution >= 4 is 45.7 Å². The molecule has 3 N–H and O–H groups in total. The maximum atomic E-state index is 13.6. The van der Waals surface area contributed by atoms with Gasteiger partial charge in [0.1, 0.15) is 5.75 Å². The van der Waals surface area contributed by atoms with E-state index >= 15 is 0 Å². The molecule has 1 aliphatic rings. The van der Waals surface area contributed by atoms with Gasteiger partial charge in [0.05, 0.1) is 34.9 Å². The molecule has 42 heavy (non-hydrogen) atoms. The molecule has 7 nitrogen and oxygen atoms in total. The number of anilines is 2. The quantitative estimate of drug-likeness (QED) is 0.200. The lowest BCUT2D eigenvalue weighted by molar-refractivity contribution is -0.114. The Balaban J connectivity index is 1.41. The van der Waals surface area contributed by atoms with Crippen molar-refractivity contribution in [1.29, 1.82) is 5.26 Å². The minimum Gasteiger partial charge on any atom is -0.494 e. The summed E-state index contributed by atoms with van der Waals surface area (Å²) in [6.07, 6.45) is 0. The van der Waals surface area contributed by atoms with Crippen molar-refractivity contribution in [1.82, 2.24) is 5.32 Å². The highest BCUT2D eigenvalue weighted by molar-refractivity contribution is 8.03. The molecule has 0 saturated heterocycles. The molecule has 1 aliphatic heterocycles. The molecule has 1 atom stereocenters. The number of carbonyl (C=O) groups excluding carboxylic acids is 2. The van der Waals surface area contributed by atoms with E-state index in [0.717, 1.165) is 16.3 Å². The van der Waals surface area contributed by atoms with Gasteiger partial charge in [0.2, 0.25) is 5.91 Å². The number of ether oxygens (including phenoxy) is 1. The molecule has 2 amide bonds. The third kappa shape index (κ3) is 6.48. The van der Waals surface area contributed by atoms with Crippen molar-refractivity contribution in [2.75, 3.05) is 23.0 Å². The van der Waals surface area contributed by atoms with Crippen LogP contribution in [0.15, 0.2) is 119 Å². The number of hydrogen-bond donors (Lipinski definition) is 3. The highest BCUT2D eigenvalue weighted by Crippen LogP contribution is 2.41. The summed E-state index contributed by atoms with van der Waals surface area (Å²) in [6, 6.07) is 32.6. The molecule has 0 aliphatic carbocycles. The summed E-state index contributed by atoms with van der Waals surface area (Å²) in [6.45, 7) is 4.25. The highest BCUT2D eigenvalue weighted by atomic mass is 32.2. The van der Waals surface area contributed by atoms with E-state index in [1.807, 2.05) is 111 Å². The predicted molar refractivity (Wildman–Crippen MR) is 169 cm³/mol. The maximum Gasteiger partial charge on any atom is 0.254 e. The van der Waals surface area contributed by atoms with E-state index in [1.54, 1.807) is 0 Å². The number of amides is 2. The second-order valence-electron chi connectivity index (χ2n) is 9.67. The summed E-state index contributed by atoms with van der Waals surface area (Å²) in [5, 5.41) is 22.2. The van der Waals surface area contributed by atoms with E-state index in [9.17, 15) is 14.9 Å². The lowest BCUT2D eigenvalue weighted by Gasteiger charge is -2.30. The van der Waals surface area contributed by atoms with Gasteiger partial charge in [0.15, 0.2) is 0 Å². The second-order valence-corrected chi connectivity index (χ2v) is 10.7. The number of rotatable bonds is 9. The third-order valence-corrected chi connectivity index (χ3v) is 7.85. The SMILES string of the molecule is CCOc1ccc(C2C(C#N)=C(SCC(=O)Nc3ccc4ccccc4c3)NC(C)=C2C(=O)Nc2ccccc2)cc1. The molecule has 0 bridgehead atoms. The van der Waals surface area contributed by atoms with E-state index in [0.29, 0.717) is 45.6 Å². The van der Waals surface area contributed by atoms with Gasteiger partial charge in [-0.1, -0.05) is 72.4 Å². The molecular formula is C34H30N4O3S. The van der Waals surface area contributed by atoms with Crippen molar-refractivity contribution in [2.24, 2.45) is 0 Å². The molecule has 0 aromatic heterocycles. The zero-order valence-corrected chi connectivity index (χ0v) is 24.1. The van der Waals surface area contributed by atoms with E-state index in [-0.39, 0.29) is 17.6 Å². The summed E-state index contributed by atoms with van der Waals surface area (Å²) in [5.41, 5.74) is 3.54. The molecule has 8 heteroatoms. The average Bonchev–Trinajstić information content (AvgIpc) is 3.00. The van der Waals surface area contributed by atoms with Crippen LogP contribution in [0.25, 0.3) is 10.8 Å². The second kappa shape index (κ2) is 13.1. The number of allylic oxidation sites excluding steroid dienone is 2. The molecule has 1 heterocycles. The number of nitriles is 1. The van der Waals surface area contributed by atoms with Crippen molar-refractivity contribution < 1.29 is 14.3 Å². The first-order valence-corrected chi connectivity index (χ1v) is 14.6. The van der Waals surface area contributed by atoms with Crippen molar-refractivity contribution in [3.05, 3.63) is 124 Å². The molecule has 0 fully saturated rings. The van der Waals surface area contributed by atoms with E-state index in [2.05, 4.69) is 22.0 Å². The normalized spacial score (nSPS) is 14.6. The minimum atomic E-state index is -0.637. The van der Waals surface area contributed by atoms with Crippen LogP contribution in [-0.2, 0) is 9.59 Å². The van der Waals surface area contributed by atoms with Crippen molar-refractivity contribution in [3.8, 4) is 11.8 Å². The Morgan fingerprint density at radius 3 is 2.33 bits per heavy atom. The van der Waals surface area contributed by atoms with Crippen LogP contribution < -0.4 is 20.7 Å². The smallest absolute Gasteiger partial charge is 0.254 e. The fraction of sp³-hybridized carbons (Fsp3) is 0.147. The number of thioether (sulfide) groups is 1. The first kappa shape index (κ1) is 28.5. The van der Waals surface area contributed by atoms with Crippen molar-refractivity contribution in [2.45, 2.75) is 19.8 Å². The number of nitrogens with one attached hydrogen (secondary N) is 3. The zero-order valence-electron chi connectivity index (χ0n) is 23.3. The Labute approximate surface area is 249 Å². The van der Waals surface area contributed by atoms with Crippen LogP contribution in [0.5, 0.6) is 5.75 Å². The van der Waals surface area contributed by atoms with Gasteiger partial charge >= 0.3 is 0 Å². The molecule has 1 unspecified atom stereocenters. The number of fused-ring (bicyclic) bond motifs is 1. The average molecular weight is 575 g/mol. The van der Waals surface area contributed by atoms with Crippen LogP contribution >= 0.6 is 11.8 Å². The fourth-order valence-corrected chi connectivity index (χ4v) is 5.80. The summed E-state index contributed by atoms with van der Waals surface area (Å²) < 4.78 is 5.61. The minimum absolute atomic E-state index is 0.0785. The van der Waals surface area contributed by atoms with Gasteiger partial charge in [0.25, 0.3) is 5.91 Å². The maximum absolute atomic E-state index is 13.6. The van der Waals surface area contributed by atoms with Crippen LogP contribution in [0.3, 0.4) is 0 Å². The fourth-order valence-electron chi connectivity index (χ4n) is 4.91. The van der Waals surface area contributed by atoms with Crippen LogP contribution in [0.4, 0.5) is 11.4 Å². The predicted octanol–water partition coefficient (Wildman–Crippen LogP) is 6.95. The number of carbonyl (C=O) groups is 2. The van der Waals surface area contributed by atoms with Crippen LogP contribution in [0.1, 0.15) is 25.3 Å². The molecule has 0 saturated carbocycles. The van der Waals surface area contributed by atoms with E-state index in [1.165, 1.54) is 11.8 Å². The Kier molecular flexibility index (Phi) is 8.90. The summed E-state index contributed by atoms with van der Waals surface area (Å²) in [7, 11) is 0. The van der Waals surface area contributed by atoms with Gasteiger partial charge in [-0.3, -0.25) is 9.59 Å². The lowest BCUT2D eigenvalue weighted by atomic mass is 9.82. The first-order chi connectivity index (χ1) is 20.5. The molecule has 0 spiro atoms. The molecular weight excluding hydrogens is 544 g/mol. The molecule has 0 radical (unpaired) electrons. The van der Waals surface area contributed by atoms with Crippen LogP contribution in [0.2, 0.25) is 0 Å². The largest absolute Gasteiger partial charge is 0.494 e. The number of para-hydroxylation sites is 1. The first-order valence-electron chi connectivity index (χ1n) is 13.6. The van der Waals surface area contributed by atoms with E-state index < -0.39 is 5.92 Å². The van der Waals surface area contributed by atoms with Gasteiger partial charge in [-0.05, 0) is 66.6 Å². The lowest BCUT2D eigenvalue weighted by Crippen LogP contribution is -2.31. The zero-order chi connectivity index (χ0) is 29.5. The van der Waals surface area contributed by atoms with Gasteiger partial charge in [-0.2, -0.15) is 5.26 Å². The number of nitrogens with zero attached hydrogens (tertiary/aromatic N) is 1. The summed E-state index contributed by atoms with van der Waals surface area (Å²) in [4.78, 5) is 26.6. The number of hydrogen-bond acceptors (Lipinski definition) is 6. The molecule has 210 valence electrons. The monoisotopic (exact) mass is 574 g/mol. The molecule has 4 aromatic rings. The third-order valence-electron chi connectivity index (χ3n) is 6.83. The van der Waals surface area contributed by atoms with Gasteiger partial charge in [-0.15, -0.1) is 0 Å². The van der Waals surface area contributed by atoms with Gasteiger partial charge in [-0.25, -0.2) is 0 Å². The standard InChI is InChI=1S/C34H30N4O3S/c1-3-41-28-17-14-24(15-18-28)32-29(20-35)34(36-22(2)31(32)33(40)38-26-11-5-4-6-12-26)42-21-30(39)37-27-16-13-23-9-7-8-10-25(23)19-27/h4-19,32,36H,3,21H2,1-2H3,(H,37,39)(H,38,40). The summed E-state index contributed by atoms with van der Waals surface area (Å²) in [5.74, 6) is -0.366. The molecule has 4 aromatic carbocycles. The number of benzene rings is 4. The van der Waals surface area contributed by atoms with E-state index in [4.69, 9.17) is 4.74 Å². The van der Waals surface area contributed by atoms with Gasteiger partial charge in [0, 0.05) is 22.6 Å². The highest BCUT2D eigenvalue weighted by Gasteiger charge is 2.35.